The van der Waals surface area contributed by atoms with E-state index in [4.69, 9.17) is 5.73 Å². The van der Waals surface area contributed by atoms with Crippen molar-refractivity contribution in [3.05, 3.63) is 0 Å². The van der Waals surface area contributed by atoms with Crippen LogP contribution in [0.5, 0.6) is 0 Å². The normalized spacial score (nSPS) is 35.5. The van der Waals surface area contributed by atoms with Crippen LogP contribution in [0.3, 0.4) is 0 Å². The van der Waals surface area contributed by atoms with Gasteiger partial charge in [0.1, 0.15) is 0 Å². The highest BCUT2D eigenvalue weighted by molar-refractivity contribution is 7.88. The van der Waals surface area contributed by atoms with Gasteiger partial charge in [0.2, 0.25) is 10.0 Å². The van der Waals surface area contributed by atoms with Crippen molar-refractivity contribution in [1.29, 1.82) is 0 Å². The van der Waals surface area contributed by atoms with Crippen molar-refractivity contribution in [3.8, 4) is 0 Å². The molecule has 1 saturated carbocycles. The lowest BCUT2D eigenvalue weighted by atomic mass is 9.69. The average molecular weight is 260 g/mol. The summed E-state index contributed by atoms with van der Waals surface area (Å²) in [7, 11) is -2.99. The molecule has 0 radical (unpaired) electrons. The summed E-state index contributed by atoms with van der Waals surface area (Å²) in [6, 6.07) is 0. The Hall–Kier alpha value is -0.130. The lowest BCUT2D eigenvalue weighted by Gasteiger charge is -2.40. The van der Waals surface area contributed by atoms with Crippen molar-refractivity contribution < 1.29 is 8.42 Å². The molecule has 2 aliphatic rings. The van der Waals surface area contributed by atoms with Gasteiger partial charge in [-0.05, 0) is 56.4 Å². The van der Waals surface area contributed by atoms with E-state index in [0.29, 0.717) is 18.4 Å². The number of sulfonamides is 1. The zero-order chi connectivity index (χ0) is 12.5. The second-order valence-corrected chi connectivity index (χ2v) is 7.68. The SMILES string of the molecule is CS(=O)(=O)N1CCCC(CC2CCC2CN)C1. The Morgan fingerprint density at radius 3 is 2.47 bits per heavy atom. The van der Waals surface area contributed by atoms with Gasteiger partial charge < -0.3 is 5.73 Å². The van der Waals surface area contributed by atoms with Crippen LogP contribution in [-0.2, 0) is 10.0 Å². The summed E-state index contributed by atoms with van der Waals surface area (Å²) < 4.78 is 24.7. The molecule has 0 bridgehead atoms. The van der Waals surface area contributed by atoms with E-state index in [-0.39, 0.29) is 0 Å². The smallest absolute Gasteiger partial charge is 0.211 e. The molecule has 1 saturated heterocycles. The van der Waals surface area contributed by atoms with Gasteiger partial charge in [0, 0.05) is 13.1 Å². The summed E-state index contributed by atoms with van der Waals surface area (Å²) in [6.45, 7) is 2.24. The Morgan fingerprint density at radius 1 is 1.24 bits per heavy atom. The maximum atomic E-state index is 11.5. The lowest BCUT2D eigenvalue weighted by Crippen LogP contribution is -2.41. The number of nitrogens with two attached hydrogens (primary N) is 1. The van der Waals surface area contributed by atoms with Crippen molar-refractivity contribution in [3.63, 3.8) is 0 Å². The third-order valence-corrected chi connectivity index (χ3v) is 5.73. The summed E-state index contributed by atoms with van der Waals surface area (Å²) >= 11 is 0. The molecule has 17 heavy (non-hydrogen) atoms. The largest absolute Gasteiger partial charge is 0.330 e. The van der Waals surface area contributed by atoms with E-state index < -0.39 is 10.0 Å². The highest BCUT2D eigenvalue weighted by Gasteiger charge is 2.34. The molecule has 0 aromatic rings. The Morgan fingerprint density at radius 2 is 1.94 bits per heavy atom. The topological polar surface area (TPSA) is 63.4 Å². The maximum absolute atomic E-state index is 11.5. The van der Waals surface area contributed by atoms with E-state index in [2.05, 4.69) is 0 Å². The van der Waals surface area contributed by atoms with Crippen LogP contribution >= 0.6 is 0 Å². The number of rotatable bonds is 4. The Kier molecular flexibility index (Phi) is 4.10. The van der Waals surface area contributed by atoms with E-state index in [0.717, 1.165) is 25.4 Å². The number of piperidine rings is 1. The summed E-state index contributed by atoms with van der Waals surface area (Å²) in [5.74, 6) is 2.01. The van der Waals surface area contributed by atoms with Gasteiger partial charge in [-0.25, -0.2) is 12.7 Å². The van der Waals surface area contributed by atoms with E-state index in [1.165, 1.54) is 31.9 Å². The fourth-order valence-electron chi connectivity index (χ4n) is 3.21. The van der Waals surface area contributed by atoms with E-state index in [9.17, 15) is 8.42 Å². The molecule has 1 aliphatic carbocycles. The van der Waals surface area contributed by atoms with Crippen LogP contribution in [0.4, 0.5) is 0 Å². The van der Waals surface area contributed by atoms with Gasteiger partial charge in [-0.2, -0.15) is 0 Å². The molecule has 1 aliphatic heterocycles. The lowest BCUT2D eigenvalue weighted by molar-refractivity contribution is 0.124. The number of hydrogen-bond acceptors (Lipinski definition) is 3. The van der Waals surface area contributed by atoms with Crippen LogP contribution < -0.4 is 5.73 Å². The van der Waals surface area contributed by atoms with Gasteiger partial charge in [0.15, 0.2) is 0 Å². The summed E-state index contributed by atoms with van der Waals surface area (Å²) in [5, 5.41) is 0. The Balaban J connectivity index is 1.86. The van der Waals surface area contributed by atoms with Crippen LogP contribution in [0.15, 0.2) is 0 Å². The first-order chi connectivity index (χ1) is 8.00. The zero-order valence-corrected chi connectivity index (χ0v) is 11.5. The molecular formula is C12H24N2O2S. The molecular weight excluding hydrogens is 236 g/mol. The zero-order valence-electron chi connectivity index (χ0n) is 10.6. The first kappa shape index (κ1) is 13.3. The van der Waals surface area contributed by atoms with Gasteiger partial charge in [0.25, 0.3) is 0 Å². The molecule has 5 heteroatoms. The molecule has 0 aromatic carbocycles. The average Bonchev–Trinajstić information content (AvgIpc) is 2.24. The van der Waals surface area contributed by atoms with Crippen LogP contribution in [0, 0.1) is 17.8 Å². The fourth-order valence-corrected chi connectivity index (χ4v) is 4.15. The monoisotopic (exact) mass is 260 g/mol. The predicted octanol–water partition coefficient (Wildman–Crippen LogP) is 1.03. The number of hydrogen-bond donors (Lipinski definition) is 1. The molecule has 0 amide bonds. The molecule has 2 N–H and O–H groups in total. The molecule has 4 nitrogen and oxygen atoms in total. The van der Waals surface area contributed by atoms with Crippen molar-refractivity contribution in [2.75, 3.05) is 25.9 Å². The third-order valence-electron chi connectivity index (χ3n) is 4.46. The molecule has 3 atom stereocenters. The van der Waals surface area contributed by atoms with E-state index >= 15 is 0 Å². The second kappa shape index (κ2) is 5.24. The molecule has 0 aromatic heterocycles. The second-order valence-electron chi connectivity index (χ2n) is 5.70. The molecule has 2 fully saturated rings. The first-order valence-electron chi connectivity index (χ1n) is 6.66. The van der Waals surface area contributed by atoms with Crippen molar-refractivity contribution >= 4 is 10.0 Å². The summed E-state index contributed by atoms with van der Waals surface area (Å²) in [5.41, 5.74) is 5.72. The maximum Gasteiger partial charge on any atom is 0.211 e. The van der Waals surface area contributed by atoms with Gasteiger partial charge in [-0.15, -0.1) is 0 Å². The molecule has 1 heterocycles. The van der Waals surface area contributed by atoms with Gasteiger partial charge in [-0.3, -0.25) is 0 Å². The molecule has 0 spiro atoms. The minimum absolute atomic E-state index is 0.554. The quantitative estimate of drug-likeness (QED) is 0.821. The third kappa shape index (κ3) is 3.20. The van der Waals surface area contributed by atoms with Crippen molar-refractivity contribution in [1.82, 2.24) is 4.31 Å². The van der Waals surface area contributed by atoms with Gasteiger partial charge in [-0.1, -0.05) is 0 Å². The summed E-state index contributed by atoms with van der Waals surface area (Å²) in [4.78, 5) is 0. The molecule has 3 unspecified atom stereocenters. The fraction of sp³-hybridized carbons (Fsp3) is 1.00. The van der Waals surface area contributed by atoms with Crippen LogP contribution in [-0.4, -0.2) is 38.6 Å². The van der Waals surface area contributed by atoms with Crippen molar-refractivity contribution in [2.24, 2.45) is 23.5 Å². The Labute approximate surface area is 105 Å². The summed E-state index contributed by atoms with van der Waals surface area (Å²) in [6.07, 6.45) is 7.24. The van der Waals surface area contributed by atoms with Crippen LogP contribution in [0.25, 0.3) is 0 Å². The standard InChI is InChI=1S/C12H24N2O2S/c1-17(15,16)14-6-2-3-10(9-14)7-11-4-5-12(11)8-13/h10-12H,2-9,13H2,1H3. The highest BCUT2D eigenvalue weighted by atomic mass is 32.2. The van der Waals surface area contributed by atoms with Gasteiger partial charge in [0.05, 0.1) is 6.26 Å². The highest BCUT2D eigenvalue weighted by Crippen LogP contribution is 2.39. The van der Waals surface area contributed by atoms with E-state index in [1.54, 1.807) is 4.31 Å². The molecule has 2 rings (SSSR count). The van der Waals surface area contributed by atoms with E-state index in [1.807, 2.05) is 0 Å². The predicted molar refractivity (Wildman–Crippen MR) is 69.0 cm³/mol. The minimum Gasteiger partial charge on any atom is -0.330 e. The molecule has 100 valence electrons. The van der Waals surface area contributed by atoms with Gasteiger partial charge >= 0.3 is 0 Å². The Bertz CT molecular complexity index is 354. The van der Waals surface area contributed by atoms with Crippen molar-refractivity contribution in [2.45, 2.75) is 32.1 Å². The number of nitrogens with zero attached hydrogens (tertiary/aromatic N) is 1. The van der Waals surface area contributed by atoms with Crippen LogP contribution in [0.1, 0.15) is 32.1 Å². The first-order valence-corrected chi connectivity index (χ1v) is 8.50. The minimum atomic E-state index is -2.99. The van der Waals surface area contributed by atoms with Crippen LogP contribution in [0.2, 0.25) is 0 Å².